The van der Waals surface area contributed by atoms with E-state index < -0.39 is 0 Å². The number of carbonyl (C=O) groups is 1. The van der Waals surface area contributed by atoms with E-state index in [1.165, 1.54) is 5.69 Å². The van der Waals surface area contributed by atoms with Gasteiger partial charge in [-0.2, -0.15) is 0 Å². The minimum Gasteiger partial charge on any atom is -0.368 e. The fraction of sp³-hybridized carbons (Fsp3) is 0.409. The Bertz CT molecular complexity index is 992. The van der Waals surface area contributed by atoms with E-state index in [0.717, 1.165) is 54.9 Å². The lowest BCUT2D eigenvalue weighted by Crippen LogP contribution is -2.50. The molecule has 0 spiro atoms. The van der Waals surface area contributed by atoms with Gasteiger partial charge in [0.15, 0.2) is 11.0 Å². The molecule has 2 aromatic heterocycles. The van der Waals surface area contributed by atoms with Crippen molar-refractivity contribution in [1.82, 2.24) is 19.7 Å². The van der Waals surface area contributed by atoms with Gasteiger partial charge in [-0.05, 0) is 43.3 Å². The third kappa shape index (κ3) is 3.98. The highest BCUT2D eigenvalue weighted by Crippen LogP contribution is 2.42. The van der Waals surface area contributed by atoms with Crippen molar-refractivity contribution in [2.75, 3.05) is 31.1 Å². The zero-order valence-electron chi connectivity index (χ0n) is 17.0. The number of thioether (sulfide) groups is 1. The van der Waals surface area contributed by atoms with Crippen molar-refractivity contribution < 1.29 is 4.79 Å². The van der Waals surface area contributed by atoms with Gasteiger partial charge in [0, 0.05) is 37.9 Å². The lowest BCUT2D eigenvalue weighted by molar-refractivity contribution is -0.130. The Hall–Kier alpha value is -2.32. The first-order valence-electron chi connectivity index (χ1n) is 10.4. The van der Waals surface area contributed by atoms with Crippen LogP contribution >= 0.6 is 23.1 Å². The largest absolute Gasteiger partial charge is 0.368 e. The Morgan fingerprint density at radius 2 is 1.83 bits per heavy atom. The number of carbonyl (C=O) groups excluding carboxylic acids is 1. The Balaban J connectivity index is 1.24. The molecule has 1 aliphatic carbocycles. The van der Waals surface area contributed by atoms with Crippen LogP contribution in [0.5, 0.6) is 0 Å². The van der Waals surface area contributed by atoms with Crippen molar-refractivity contribution in [3.63, 3.8) is 0 Å². The number of hydrogen-bond donors (Lipinski definition) is 0. The number of rotatable bonds is 6. The normalized spacial score (nSPS) is 17.9. The van der Waals surface area contributed by atoms with Crippen molar-refractivity contribution in [3.05, 3.63) is 47.8 Å². The summed E-state index contributed by atoms with van der Waals surface area (Å²) in [6, 6.07) is 15.0. The van der Waals surface area contributed by atoms with Gasteiger partial charge in [-0.1, -0.05) is 36.0 Å². The Labute approximate surface area is 184 Å². The zero-order chi connectivity index (χ0) is 20.5. The molecule has 2 fully saturated rings. The van der Waals surface area contributed by atoms with E-state index in [0.29, 0.717) is 6.04 Å². The SMILES string of the molecule is CC(Sc1nnc(-c2cccs2)n1C1CC1)C(=O)N1CCN(c2ccccc2)CC1. The summed E-state index contributed by atoms with van der Waals surface area (Å²) in [5, 5.41) is 11.7. The molecule has 1 saturated heterocycles. The molecule has 1 aliphatic heterocycles. The molecule has 3 aromatic rings. The van der Waals surface area contributed by atoms with Gasteiger partial charge in [0.1, 0.15) is 0 Å². The van der Waals surface area contributed by atoms with Crippen molar-refractivity contribution in [3.8, 4) is 10.7 Å². The predicted octanol–water partition coefficient (Wildman–Crippen LogP) is 4.17. The molecule has 8 heteroatoms. The van der Waals surface area contributed by atoms with Crippen LogP contribution in [0.1, 0.15) is 25.8 Å². The minimum atomic E-state index is -0.175. The maximum absolute atomic E-state index is 13.1. The number of aromatic nitrogens is 3. The van der Waals surface area contributed by atoms with Crippen LogP contribution in [0.15, 0.2) is 53.0 Å². The quantitative estimate of drug-likeness (QED) is 0.540. The van der Waals surface area contributed by atoms with E-state index in [1.807, 2.05) is 24.0 Å². The van der Waals surface area contributed by atoms with Gasteiger partial charge < -0.3 is 9.80 Å². The summed E-state index contributed by atoms with van der Waals surface area (Å²) < 4.78 is 2.24. The van der Waals surface area contributed by atoms with Gasteiger partial charge in [0.25, 0.3) is 0 Å². The van der Waals surface area contributed by atoms with Gasteiger partial charge >= 0.3 is 0 Å². The van der Waals surface area contributed by atoms with Gasteiger partial charge in [0.2, 0.25) is 5.91 Å². The first-order valence-corrected chi connectivity index (χ1v) is 12.2. The number of amides is 1. The fourth-order valence-corrected chi connectivity index (χ4v) is 5.59. The smallest absolute Gasteiger partial charge is 0.236 e. The molecule has 5 rings (SSSR count). The molecule has 30 heavy (non-hydrogen) atoms. The van der Waals surface area contributed by atoms with Gasteiger partial charge in [-0.15, -0.1) is 21.5 Å². The average Bonchev–Trinajstić information content (AvgIpc) is 3.31. The number of benzene rings is 1. The van der Waals surface area contributed by atoms with Crippen LogP contribution in [-0.4, -0.2) is 57.0 Å². The van der Waals surface area contributed by atoms with Crippen LogP contribution in [0.2, 0.25) is 0 Å². The summed E-state index contributed by atoms with van der Waals surface area (Å²) in [4.78, 5) is 18.6. The first kappa shape index (κ1) is 19.6. The summed E-state index contributed by atoms with van der Waals surface area (Å²) in [6.45, 7) is 5.25. The number of nitrogens with zero attached hydrogens (tertiary/aromatic N) is 5. The molecule has 0 bridgehead atoms. The second-order valence-corrected chi connectivity index (χ2v) is 10.0. The summed E-state index contributed by atoms with van der Waals surface area (Å²) in [5.74, 6) is 1.13. The number of anilines is 1. The second kappa shape index (κ2) is 8.43. The Morgan fingerprint density at radius 3 is 2.50 bits per heavy atom. The van der Waals surface area contributed by atoms with Crippen LogP contribution in [0, 0.1) is 0 Å². The van der Waals surface area contributed by atoms with Crippen LogP contribution in [0.3, 0.4) is 0 Å². The molecule has 0 N–H and O–H groups in total. The van der Waals surface area contributed by atoms with E-state index in [-0.39, 0.29) is 11.2 Å². The second-order valence-electron chi connectivity index (χ2n) is 7.79. The molecule has 0 radical (unpaired) electrons. The van der Waals surface area contributed by atoms with E-state index in [1.54, 1.807) is 23.1 Å². The molecule has 2 aliphatic rings. The van der Waals surface area contributed by atoms with Crippen molar-refractivity contribution in [2.45, 2.75) is 36.2 Å². The van der Waals surface area contributed by atoms with Crippen LogP contribution in [0.4, 0.5) is 5.69 Å². The van der Waals surface area contributed by atoms with E-state index in [4.69, 9.17) is 0 Å². The number of thiophene rings is 1. The Morgan fingerprint density at radius 1 is 1.07 bits per heavy atom. The molecule has 3 heterocycles. The lowest BCUT2D eigenvalue weighted by atomic mass is 10.2. The maximum atomic E-state index is 13.1. The molecular weight excluding hydrogens is 414 g/mol. The molecule has 156 valence electrons. The molecule has 1 unspecified atom stereocenters. The summed E-state index contributed by atoms with van der Waals surface area (Å²) >= 11 is 3.23. The summed E-state index contributed by atoms with van der Waals surface area (Å²) in [5.41, 5.74) is 1.23. The van der Waals surface area contributed by atoms with Gasteiger partial charge in [-0.3, -0.25) is 9.36 Å². The first-order chi connectivity index (χ1) is 14.7. The standard InChI is InChI=1S/C22H25N5OS2/c1-16(21(28)26-13-11-25(12-14-26)17-6-3-2-4-7-17)30-22-24-23-20(19-8-5-15-29-19)27(22)18-9-10-18/h2-8,15-16,18H,9-14H2,1H3. The highest BCUT2D eigenvalue weighted by atomic mass is 32.2. The van der Waals surface area contributed by atoms with Crippen molar-refractivity contribution in [1.29, 1.82) is 0 Å². The number of hydrogen-bond acceptors (Lipinski definition) is 6. The third-order valence-corrected chi connectivity index (χ3v) is 7.57. The lowest BCUT2D eigenvalue weighted by Gasteiger charge is -2.37. The molecule has 1 amide bonds. The van der Waals surface area contributed by atoms with Crippen LogP contribution in [0.25, 0.3) is 10.7 Å². The van der Waals surface area contributed by atoms with Gasteiger partial charge in [-0.25, -0.2) is 0 Å². The monoisotopic (exact) mass is 439 g/mol. The fourth-order valence-electron chi connectivity index (χ4n) is 3.88. The van der Waals surface area contributed by atoms with E-state index in [9.17, 15) is 4.79 Å². The highest BCUT2D eigenvalue weighted by Gasteiger charge is 2.33. The summed E-state index contributed by atoms with van der Waals surface area (Å²) in [7, 11) is 0. The molecule has 6 nitrogen and oxygen atoms in total. The number of piperazine rings is 1. The van der Waals surface area contributed by atoms with Crippen LogP contribution in [-0.2, 0) is 4.79 Å². The molecule has 1 saturated carbocycles. The number of para-hydroxylation sites is 1. The molecular formula is C22H25N5OS2. The van der Waals surface area contributed by atoms with Crippen molar-refractivity contribution >= 4 is 34.7 Å². The van der Waals surface area contributed by atoms with Crippen LogP contribution < -0.4 is 4.90 Å². The average molecular weight is 440 g/mol. The molecule has 1 aromatic carbocycles. The van der Waals surface area contributed by atoms with Crippen molar-refractivity contribution in [2.24, 2.45) is 0 Å². The summed E-state index contributed by atoms with van der Waals surface area (Å²) in [6.07, 6.45) is 2.32. The Kier molecular flexibility index (Phi) is 5.52. The van der Waals surface area contributed by atoms with Gasteiger partial charge in [0.05, 0.1) is 10.1 Å². The highest BCUT2D eigenvalue weighted by molar-refractivity contribution is 8.00. The van der Waals surface area contributed by atoms with E-state index in [2.05, 4.69) is 55.4 Å². The maximum Gasteiger partial charge on any atom is 0.236 e. The topological polar surface area (TPSA) is 54.3 Å². The van der Waals surface area contributed by atoms with E-state index >= 15 is 0 Å². The molecule has 1 atom stereocenters. The predicted molar refractivity (Wildman–Crippen MR) is 122 cm³/mol. The third-order valence-electron chi connectivity index (χ3n) is 5.66. The zero-order valence-corrected chi connectivity index (χ0v) is 18.6. The minimum absolute atomic E-state index is 0.175.